The highest BCUT2D eigenvalue weighted by Crippen LogP contribution is 2.18. The molecule has 1 atom stereocenters. The number of carbonyl (C=O) groups excluding carboxylic acids is 3. The van der Waals surface area contributed by atoms with Gasteiger partial charge in [0.25, 0.3) is 0 Å². The minimum Gasteiger partial charge on any atom is -0.370 e. The first-order chi connectivity index (χ1) is 11.5. The summed E-state index contributed by atoms with van der Waals surface area (Å²) in [6.07, 6.45) is -0.386. The van der Waals surface area contributed by atoms with Gasteiger partial charge in [-0.1, -0.05) is 35.5 Å². The number of primary amides is 1. The van der Waals surface area contributed by atoms with Gasteiger partial charge in [0, 0.05) is 18.7 Å². The van der Waals surface area contributed by atoms with E-state index in [0.29, 0.717) is 11.5 Å². The van der Waals surface area contributed by atoms with Gasteiger partial charge in [-0.15, -0.1) is 0 Å². The van der Waals surface area contributed by atoms with Crippen molar-refractivity contribution in [3.05, 3.63) is 42.2 Å². The van der Waals surface area contributed by atoms with Crippen LogP contribution >= 0.6 is 0 Å². The number of nitrogens with two attached hydrogens (primary N) is 1. The topological polar surface area (TPSA) is 127 Å². The summed E-state index contributed by atoms with van der Waals surface area (Å²) in [5, 5.41) is 8.73. The predicted molar refractivity (Wildman–Crippen MR) is 85.5 cm³/mol. The van der Waals surface area contributed by atoms with E-state index in [0.717, 1.165) is 5.56 Å². The molecule has 0 aliphatic rings. The molecule has 0 aliphatic heterocycles. The van der Waals surface area contributed by atoms with Crippen LogP contribution in [0.15, 0.2) is 40.9 Å². The summed E-state index contributed by atoms with van der Waals surface area (Å²) >= 11 is 0. The molecule has 2 rings (SSSR count). The molecule has 126 valence electrons. The van der Waals surface area contributed by atoms with Crippen molar-refractivity contribution in [1.29, 1.82) is 0 Å². The van der Waals surface area contributed by atoms with Crippen molar-refractivity contribution >= 4 is 17.7 Å². The van der Waals surface area contributed by atoms with Crippen LogP contribution in [0.3, 0.4) is 0 Å². The van der Waals surface area contributed by atoms with E-state index in [4.69, 9.17) is 10.3 Å². The third kappa shape index (κ3) is 4.67. The summed E-state index contributed by atoms with van der Waals surface area (Å²) in [4.78, 5) is 34.7. The molecule has 8 nitrogen and oxygen atoms in total. The van der Waals surface area contributed by atoms with Crippen molar-refractivity contribution in [2.24, 2.45) is 5.73 Å². The molecule has 0 fully saturated rings. The molecule has 0 unspecified atom stereocenters. The molecule has 1 aromatic carbocycles. The van der Waals surface area contributed by atoms with Crippen molar-refractivity contribution in [3.8, 4) is 11.3 Å². The van der Waals surface area contributed by atoms with Crippen molar-refractivity contribution in [1.82, 2.24) is 15.8 Å². The highest BCUT2D eigenvalue weighted by Gasteiger charge is 2.22. The fourth-order valence-corrected chi connectivity index (χ4v) is 2.13. The fraction of sp³-hybridized carbons (Fsp3) is 0.250. The summed E-state index contributed by atoms with van der Waals surface area (Å²) < 4.78 is 5.14. The summed E-state index contributed by atoms with van der Waals surface area (Å²) in [5.41, 5.74) is 6.56. The average molecular weight is 330 g/mol. The van der Waals surface area contributed by atoms with E-state index in [-0.39, 0.29) is 12.8 Å². The zero-order chi connectivity index (χ0) is 17.5. The Bertz CT molecular complexity index is 727. The Balaban J connectivity index is 2.00. The van der Waals surface area contributed by atoms with Gasteiger partial charge < -0.3 is 20.9 Å². The zero-order valence-corrected chi connectivity index (χ0v) is 13.1. The number of carbonyl (C=O) groups is 3. The third-order valence-corrected chi connectivity index (χ3v) is 3.27. The van der Waals surface area contributed by atoms with Gasteiger partial charge in [-0.05, 0) is 0 Å². The Morgan fingerprint density at radius 2 is 1.96 bits per heavy atom. The Kier molecular flexibility index (Phi) is 5.67. The van der Waals surface area contributed by atoms with Gasteiger partial charge in [0.1, 0.15) is 17.5 Å². The number of benzene rings is 1. The Hall–Kier alpha value is -3.16. The molecule has 0 bridgehead atoms. The lowest BCUT2D eigenvalue weighted by Gasteiger charge is -2.15. The molecule has 0 radical (unpaired) electrons. The number of hydrogen-bond acceptors (Lipinski definition) is 5. The second kappa shape index (κ2) is 7.91. The zero-order valence-electron chi connectivity index (χ0n) is 13.1. The summed E-state index contributed by atoms with van der Waals surface area (Å²) in [7, 11) is 1.41. The minimum absolute atomic E-state index is 0.105. The van der Waals surface area contributed by atoms with Crippen LogP contribution in [-0.4, -0.2) is 36.0 Å². The molecule has 1 heterocycles. The van der Waals surface area contributed by atoms with Crippen LogP contribution in [0.5, 0.6) is 0 Å². The van der Waals surface area contributed by atoms with Crippen LogP contribution in [0, 0.1) is 0 Å². The Morgan fingerprint density at radius 1 is 1.25 bits per heavy atom. The largest absolute Gasteiger partial charge is 0.370 e. The summed E-state index contributed by atoms with van der Waals surface area (Å²) in [5.74, 6) is -1.30. The molecule has 0 saturated carbocycles. The molecule has 0 aliphatic carbocycles. The van der Waals surface area contributed by atoms with E-state index < -0.39 is 23.8 Å². The lowest BCUT2D eigenvalue weighted by atomic mass is 10.1. The van der Waals surface area contributed by atoms with Crippen molar-refractivity contribution in [2.45, 2.75) is 18.9 Å². The first-order valence-electron chi connectivity index (χ1n) is 7.30. The van der Waals surface area contributed by atoms with E-state index in [1.807, 2.05) is 30.3 Å². The van der Waals surface area contributed by atoms with Crippen molar-refractivity contribution in [3.63, 3.8) is 0 Å². The van der Waals surface area contributed by atoms with Crippen LogP contribution in [-0.2, 0) is 20.8 Å². The maximum Gasteiger partial charge on any atom is 0.242 e. The number of likely N-dealkylation sites (N-methyl/N-ethyl adjacent to an activating group) is 1. The highest BCUT2D eigenvalue weighted by molar-refractivity contribution is 5.91. The molecule has 3 amide bonds. The summed E-state index contributed by atoms with van der Waals surface area (Å²) in [6.45, 7) is 0. The number of nitrogens with one attached hydrogen (secondary N) is 2. The first kappa shape index (κ1) is 17.2. The van der Waals surface area contributed by atoms with Crippen LogP contribution in [0.4, 0.5) is 0 Å². The monoisotopic (exact) mass is 330 g/mol. The second-order valence-electron chi connectivity index (χ2n) is 5.13. The molecule has 1 aromatic heterocycles. The third-order valence-electron chi connectivity index (χ3n) is 3.27. The van der Waals surface area contributed by atoms with Crippen LogP contribution in [0.1, 0.15) is 12.2 Å². The standard InChI is InChI=1S/C16H18N4O4/c1-18-16(23)13(9-14(17)21)19-15(22)8-11-7-12(20-24-11)10-5-3-2-4-6-10/h2-7,13H,8-9H2,1H3,(H2,17,21)(H,18,23)(H,19,22)/t13-/m0/s1. The lowest BCUT2D eigenvalue weighted by Crippen LogP contribution is -2.48. The molecular formula is C16H18N4O4. The van der Waals surface area contributed by atoms with Crippen molar-refractivity contribution < 1.29 is 18.9 Å². The molecule has 2 aromatic rings. The minimum atomic E-state index is -1.02. The molecule has 8 heteroatoms. The fourth-order valence-electron chi connectivity index (χ4n) is 2.13. The van der Waals surface area contributed by atoms with E-state index in [1.165, 1.54) is 7.05 Å². The van der Waals surface area contributed by atoms with Gasteiger partial charge in [0.15, 0.2) is 0 Å². The predicted octanol–water partition coefficient (Wildman–Crippen LogP) is -0.00970. The van der Waals surface area contributed by atoms with E-state index in [2.05, 4.69) is 15.8 Å². The van der Waals surface area contributed by atoms with Gasteiger partial charge in [-0.25, -0.2) is 0 Å². The number of nitrogens with zero attached hydrogens (tertiary/aromatic N) is 1. The molecular weight excluding hydrogens is 312 g/mol. The van der Waals surface area contributed by atoms with Gasteiger partial charge in [-0.3, -0.25) is 14.4 Å². The normalized spacial score (nSPS) is 11.5. The molecule has 4 N–H and O–H groups in total. The molecule has 0 saturated heterocycles. The smallest absolute Gasteiger partial charge is 0.242 e. The number of hydrogen-bond donors (Lipinski definition) is 3. The molecule has 24 heavy (non-hydrogen) atoms. The van der Waals surface area contributed by atoms with Crippen LogP contribution in [0.25, 0.3) is 11.3 Å². The van der Waals surface area contributed by atoms with Gasteiger partial charge in [0.2, 0.25) is 17.7 Å². The van der Waals surface area contributed by atoms with Gasteiger partial charge in [0.05, 0.1) is 12.8 Å². The Labute approximate surface area is 138 Å². The Morgan fingerprint density at radius 3 is 2.58 bits per heavy atom. The number of rotatable bonds is 7. The quantitative estimate of drug-likeness (QED) is 0.658. The first-order valence-corrected chi connectivity index (χ1v) is 7.30. The molecule has 0 spiro atoms. The van der Waals surface area contributed by atoms with Crippen LogP contribution in [0.2, 0.25) is 0 Å². The highest BCUT2D eigenvalue weighted by atomic mass is 16.5. The average Bonchev–Trinajstić information content (AvgIpc) is 3.02. The van der Waals surface area contributed by atoms with E-state index in [9.17, 15) is 14.4 Å². The second-order valence-corrected chi connectivity index (χ2v) is 5.13. The number of aromatic nitrogens is 1. The van der Waals surface area contributed by atoms with Crippen LogP contribution < -0.4 is 16.4 Å². The maximum atomic E-state index is 12.0. The van der Waals surface area contributed by atoms with E-state index in [1.54, 1.807) is 6.07 Å². The van der Waals surface area contributed by atoms with E-state index >= 15 is 0 Å². The van der Waals surface area contributed by atoms with Gasteiger partial charge >= 0.3 is 0 Å². The SMILES string of the molecule is CNC(=O)[C@H](CC(N)=O)NC(=O)Cc1cc(-c2ccccc2)no1. The number of amides is 3. The van der Waals surface area contributed by atoms with Gasteiger partial charge in [-0.2, -0.15) is 0 Å². The lowest BCUT2D eigenvalue weighted by molar-refractivity contribution is -0.130. The van der Waals surface area contributed by atoms with Crippen molar-refractivity contribution in [2.75, 3.05) is 7.05 Å². The summed E-state index contributed by atoms with van der Waals surface area (Å²) in [6, 6.07) is 10.00. The maximum absolute atomic E-state index is 12.0.